The fourth-order valence-electron chi connectivity index (χ4n) is 9.84. The zero-order valence-electron chi connectivity index (χ0n) is 66.1. The Bertz CT molecular complexity index is 3690. The molecule has 0 spiro atoms. The Morgan fingerprint density at radius 2 is 0.492 bits per heavy atom. The zero-order chi connectivity index (χ0) is 90.9. The number of anilines is 2. The van der Waals surface area contributed by atoms with Gasteiger partial charge in [-0.2, -0.15) is 10.1 Å². The van der Waals surface area contributed by atoms with E-state index < -0.39 is 192 Å². The molecule has 2 aromatic rings. The third-order valence-corrected chi connectivity index (χ3v) is 18.6. The van der Waals surface area contributed by atoms with Gasteiger partial charge in [-0.1, -0.05) is 59.6 Å². The lowest BCUT2D eigenvalue weighted by Gasteiger charge is -2.20. The molecule has 0 radical (unpaired) electrons. The Balaban J connectivity index is 1.46. The first-order chi connectivity index (χ1) is 57.9. The number of hydrogen-bond donors (Lipinski definition) is 22. The highest BCUT2D eigenvalue weighted by Crippen LogP contribution is 2.23. The van der Waals surface area contributed by atoms with Gasteiger partial charge in [-0.05, 0) is 74.2 Å². The van der Waals surface area contributed by atoms with Gasteiger partial charge in [0.05, 0.1) is 11.4 Å². The van der Waals surface area contributed by atoms with E-state index in [1.165, 1.54) is 48.5 Å². The topological polar surface area (TPSA) is 696 Å². The highest BCUT2D eigenvalue weighted by atomic mass is 35.5. The molecule has 0 unspecified atom stereocenters. The molecule has 0 fully saturated rings. The van der Waals surface area contributed by atoms with Gasteiger partial charge >= 0.3 is 34.4 Å². The van der Waals surface area contributed by atoms with E-state index in [0.29, 0.717) is 59.3 Å². The lowest BCUT2D eigenvalue weighted by molar-refractivity contribution is -0.142. The van der Waals surface area contributed by atoms with Crippen LogP contribution < -0.4 is 95.2 Å². The van der Waals surface area contributed by atoms with Crippen LogP contribution >= 0.6 is 46.7 Å². The van der Waals surface area contributed by atoms with E-state index in [4.69, 9.17) is 33.4 Å². The predicted molar refractivity (Wildman–Crippen MR) is 434 cm³/mol. The van der Waals surface area contributed by atoms with Crippen molar-refractivity contribution in [2.24, 2.45) is 0 Å². The first kappa shape index (κ1) is 106. The van der Waals surface area contributed by atoms with Crippen LogP contribution in [0.1, 0.15) is 128 Å². The Morgan fingerprint density at radius 3 is 0.721 bits per heavy atom. The summed E-state index contributed by atoms with van der Waals surface area (Å²) in [5.74, 6) is -16.9. The average molecular weight is 1800 g/mol. The highest BCUT2D eigenvalue weighted by molar-refractivity contribution is 8.14. The molecule has 2 aromatic carbocycles. The third kappa shape index (κ3) is 51.5. The van der Waals surface area contributed by atoms with Gasteiger partial charge in [-0.25, -0.2) is 9.59 Å². The minimum absolute atomic E-state index is 0.0214. The predicted octanol–water partition coefficient (Wildman–Crippen LogP) is -2.73. The number of aliphatic carboxylic acids is 4. The minimum atomic E-state index is -1.61. The van der Waals surface area contributed by atoms with Crippen LogP contribution in [-0.4, -0.2) is 274 Å². The maximum absolute atomic E-state index is 12.8. The zero-order valence-corrected chi connectivity index (χ0v) is 69.2. The van der Waals surface area contributed by atoms with Crippen molar-refractivity contribution in [2.45, 2.75) is 153 Å². The van der Waals surface area contributed by atoms with E-state index in [9.17, 15) is 126 Å². The van der Waals surface area contributed by atoms with Crippen molar-refractivity contribution in [3.63, 3.8) is 0 Å². The summed E-state index contributed by atoms with van der Waals surface area (Å²) in [7, 11) is 0. The number of carboxylic acids is 4. The van der Waals surface area contributed by atoms with Crippen molar-refractivity contribution in [3.05, 3.63) is 58.6 Å². The Morgan fingerprint density at radius 1 is 0.279 bits per heavy atom. The minimum Gasteiger partial charge on any atom is -0.480 e. The number of rotatable bonds is 61. The number of amides is 18. The van der Waals surface area contributed by atoms with E-state index in [-0.39, 0.29) is 176 Å². The molecule has 46 nitrogen and oxygen atoms in total. The van der Waals surface area contributed by atoms with E-state index in [2.05, 4.69) is 85.1 Å². The van der Waals surface area contributed by atoms with Gasteiger partial charge < -0.3 is 105 Å². The average Bonchev–Trinajstić information content (AvgIpc) is 0.869. The summed E-state index contributed by atoms with van der Waals surface area (Å²) in [6.07, 6.45) is -1.32. The standard InChI is InChI=1S/C72H102Cl2N18O28S2/c73-43-7-11-45(12-8-43)91(119)71(117)121-41-49(67(111)85-39-65(107)108)89-61(103)17-15-47(69(113)114)87-63(105)27-37-83-59(101)25-35-81-57(99)23-33-79-55(97)21-31-77-53(95)19-29-75-51(93)5-3-1-2-4-6-52(94)76-30-20-54(96)78-32-22-56(98)80-34-24-58(100)82-36-26-60(102)84-38-28-64(106)88-48(70(115)116)16-18-62(104)90-50(68(112)86-40-66(109)110)42-122-72(118)92(120)46-13-9-44(74)10-14-46/h7-14,47-50,119-120H,1-6,15-42H2,(H,75,93)(H,76,94)(H,77,95)(H,78,96)(H,79,97)(H,80,98)(H,81,99)(H,82,100)(H,83,101)(H,84,102)(H,85,111)(H,86,112)(H,87,105)(H,88,106)(H,89,103)(H,90,104)(H,107,108)(H,109,110)(H,113,114)(H,115,116)/t47-,48-,49-,50-/m0/s1. The largest absolute Gasteiger partial charge is 0.480 e. The molecule has 0 aromatic heterocycles. The lowest BCUT2D eigenvalue weighted by Crippen LogP contribution is -2.50. The van der Waals surface area contributed by atoms with Crippen LogP contribution in [0.4, 0.5) is 21.0 Å². The molecule has 0 heterocycles. The van der Waals surface area contributed by atoms with Crippen molar-refractivity contribution in [2.75, 3.05) is 100 Å². The second kappa shape index (κ2) is 61.3. The summed E-state index contributed by atoms with van der Waals surface area (Å²) < 4.78 is 0. The summed E-state index contributed by atoms with van der Waals surface area (Å²) >= 11 is 12.4. The van der Waals surface area contributed by atoms with Crippen molar-refractivity contribution in [3.8, 4) is 0 Å². The van der Waals surface area contributed by atoms with Crippen molar-refractivity contribution in [1.82, 2.24) is 85.1 Å². The summed E-state index contributed by atoms with van der Waals surface area (Å²) in [5.41, 5.74) is 0.0427. The second-order valence-electron chi connectivity index (χ2n) is 26.1. The molecular weight excluding hydrogens is 1700 g/mol. The molecule has 0 saturated heterocycles. The fraction of sp³-hybridized carbons (Fsp3) is 0.528. The maximum atomic E-state index is 12.8. The number of nitrogens with zero attached hydrogens (tertiary/aromatic N) is 2. The van der Waals surface area contributed by atoms with Gasteiger partial charge in [0.1, 0.15) is 37.3 Å². The van der Waals surface area contributed by atoms with Gasteiger partial charge in [-0.3, -0.25) is 106 Å². The number of carboxylic acid groups (broad SMARTS) is 4. The van der Waals surface area contributed by atoms with Gasteiger partial charge in [0.2, 0.25) is 94.5 Å². The normalized spacial score (nSPS) is 11.5. The molecule has 0 aliphatic rings. The van der Waals surface area contributed by atoms with Crippen molar-refractivity contribution >= 4 is 187 Å². The summed E-state index contributed by atoms with van der Waals surface area (Å²) in [4.78, 5) is 270. The number of halogens is 2. The van der Waals surface area contributed by atoms with E-state index in [0.717, 1.165) is 0 Å². The van der Waals surface area contributed by atoms with E-state index in [1.54, 1.807) is 0 Å². The Hall–Kier alpha value is -12.0. The van der Waals surface area contributed by atoms with Crippen molar-refractivity contribution in [1.29, 1.82) is 0 Å². The second-order valence-corrected chi connectivity index (χ2v) is 28.9. The molecule has 0 saturated carbocycles. The third-order valence-electron chi connectivity index (χ3n) is 16.3. The highest BCUT2D eigenvalue weighted by Gasteiger charge is 2.30. The van der Waals surface area contributed by atoms with Crippen LogP contribution in [-0.2, 0) is 95.9 Å². The molecule has 18 amide bonds. The van der Waals surface area contributed by atoms with Crippen molar-refractivity contribution < 1.29 is 136 Å². The lowest BCUT2D eigenvalue weighted by atomic mass is 10.1. The molecule has 0 aliphatic carbocycles. The van der Waals surface area contributed by atoms with Gasteiger partial charge in [0.15, 0.2) is 0 Å². The number of hydroxylamine groups is 2. The van der Waals surface area contributed by atoms with Crippen LogP contribution in [0.25, 0.3) is 0 Å². The number of nitrogens with one attached hydrogen (secondary N) is 16. The van der Waals surface area contributed by atoms with Crippen LogP contribution in [0.5, 0.6) is 0 Å². The smallest absolute Gasteiger partial charge is 0.326 e. The Labute approximate surface area is 716 Å². The molecule has 674 valence electrons. The fourth-order valence-corrected chi connectivity index (χ4v) is 11.6. The molecule has 2 rings (SSSR count). The van der Waals surface area contributed by atoms with Gasteiger partial charge in [0, 0.05) is 177 Å². The SMILES string of the molecule is O=C(O)CNC(=O)[C@H](CSC(=O)N(O)c1ccc(Cl)cc1)NC(=O)CC[C@H](NC(=O)CCNC(=O)CCNC(=O)CCNC(=O)CCNC(=O)CCNC(=O)CCCCCCC(=O)NCCC(=O)NCCC(=O)NCCC(=O)NCCC(=O)NCCC(=O)N[C@@H](CCC(=O)N[C@@H](CSC(=O)N(O)c1ccc(Cl)cc1)C(=O)NCC(=O)O)C(=O)O)C(=O)O. The number of unbranched alkanes of at least 4 members (excludes halogenated alkanes) is 3. The number of thioether (sulfide) groups is 2. The first-order valence-electron chi connectivity index (χ1n) is 38.0. The Kier molecular flexibility index (Phi) is 53.3. The monoisotopic (exact) mass is 1800 g/mol. The van der Waals surface area contributed by atoms with E-state index in [1.807, 2.05) is 0 Å². The quantitative estimate of drug-likeness (QED) is 0.0182. The molecule has 0 aliphatic heterocycles. The molecule has 4 atom stereocenters. The summed E-state index contributed by atoms with van der Waals surface area (Å²) in [6, 6.07) is 4.59. The molecule has 50 heteroatoms. The summed E-state index contributed by atoms with van der Waals surface area (Å²) in [5, 5.41) is 95.3. The molecule has 122 heavy (non-hydrogen) atoms. The number of carbonyl (C=O) groups excluding carboxylic acids is 18. The number of hydrogen-bond acceptors (Lipinski definition) is 26. The summed E-state index contributed by atoms with van der Waals surface area (Å²) in [6.45, 7) is -2.52. The molecule has 22 N–H and O–H groups in total. The van der Waals surface area contributed by atoms with Crippen LogP contribution in [0, 0.1) is 0 Å². The van der Waals surface area contributed by atoms with Crippen LogP contribution in [0.3, 0.4) is 0 Å². The van der Waals surface area contributed by atoms with Crippen LogP contribution in [0.15, 0.2) is 48.5 Å². The molecule has 0 bridgehead atoms. The van der Waals surface area contributed by atoms with E-state index >= 15 is 0 Å². The van der Waals surface area contributed by atoms with Crippen LogP contribution in [0.2, 0.25) is 10.0 Å². The van der Waals surface area contributed by atoms with Gasteiger partial charge in [-0.15, -0.1) is 0 Å². The van der Waals surface area contributed by atoms with Gasteiger partial charge in [0.25, 0.3) is 0 Å². The molecular formula is C72H102Cl2N18O28S2. The maximum Gasteiger partial charge on any atom is 0.326 e. The first-order valence-corrected chi connectivity index (χ1v) is 40.8. The number of carbonyl (C=O) groups is 22. The number of benzene rings is 2.